The van der Waals surface area contributed by atoms with Crippen LogP contribution in [0.2, 0.25) is 0 Å². The number of benzene rings is 12. The molecule has 0 amide bonds. The zero-order valence-electron chi connectivity index (χ0n) is 42.7. The fraction of sp³-hybridized carbons (Fsp3) is 0.0685. The van der Waals surface area contributed by atoms with Gasteiger partial charge in [0.25, 0.3) is 0 Å². The van der Waals surface area contributed by atoms with Crippen LogP contribution in [0.1, 0.15) is 47.2 Å². The van der Waals surface area contributed by atoms with E-state index in [2.05, 4.69) is 266 Å². The average Bonchev–Trinajstić information content (AvgIpc) is 4.41. The molecule has 0 N–H and O–H groups in total. The standard InChI is InChI=1S/C73H50N2O2/c1-3-45-19-15-27-59-61-29-17-33-65(71(61)76-69(45)59)74(49-21-7-5-8-22-49)51-37-41-53-47(43-51)35-39-57-58-40-36-48-44-52(38-42-54(48)68(58)73(67(53)57)63-31-13-11-25-55(63)56-26-12-14-32-64(56)73)75(50-23-9-6-10-24-50)66-34-18-30-62-60-28-16-20-46(4-2)70(60)77-72(62)66/h5-44H,3-4H2,1-2H3. The maximum absolute atomic E-state index is 6.93. The van der Waals surface area contributed by atoms with Gasteiger partial charge in [0.15, 0.2) is 11.2 Å². The van der Waals surface area contributed by atoms with Crippen molar-refractivity contribution in [2.75, 3.05) is 9.80 Å². The van der Waals surface area contributed by atoms with Gasteiger partial charge in [-0.25, -0.2) is 0 Å². The minimum absolute atomic E-state index is 0.605. The largest absolute Gasteiger partial charge is 0.454 e. The van der Waals surface area contributed by atoms with Crippen molar-refractivity contribution in [3.05, 3.63) is 276 Å². The predicted octanol–water partition coefficient (Wildman–Crippen LogP) is 20.2. The Labute approximate surface area is 446 Å². The van der Waals surface area contributed by atoms with E-state index in [0.717, 1.165) is 90.8 Å². The van der Waals surface area contributed by atoms with Gasteiger partial charge in [0.05, 0.1) is 16.8 Å². The summed E-state index contributed by atoms with van der Waals surface area (Å²) in [7, 11) is 0. The van der Waals surface area contributed by atoms with Crippen molar-refractivity contribution >= 4 is 99.5 Å². The molecule has 0 saturated heterocycles. The second-order valence-electron chi connectivity index (χ2n) is 20.8. The first-order chi connectivity index (χ1) is 38.1. The molecule has 2 heterocycles. The fourth-order valence-electron chi connectivity index (χ4n) is 13.7. The molecular formula is C73H50N2O2. The topological polar surface area (TPSA) is 32.8 Å². The third-order valence-electron chi connectivity index (χ3n) is 17.0. The molecule has 0 radical (unpaired) electrons. The first-order valence-corrected chi connectivity index (χ1v) is 27.0. The van der Waals surface area contributed by atoms with Crippen molar-refractivity contribution in [2.24, 2.45) is 0 Å². The summed E-state index contributed by atoms with van der Waals surface area (Å²) < 4.78 is 13.9. The fourth-order valence-corrected chi connectivity index (χ4v) is 13.7. The van der Waals surface area contributed by atoms with E-state index in [4.69, 9.17) is 8.83 Å². The highest BCUT2D eigenvalue weighted by molar-refractivity contribution is 6.14. The summed E-state index contributed by atoms with van der Waals surface area (Å²) in [6.07, 6.45) is 1.80. The molecule has 77 heavy (non-hydrogen) atoms. The maximum Gasteiger partial charge on any atom is 0.159 e. The van der Waals surface area contributed by atoms with Gasteiger partial charge >= 0.3 is 0 Å². The Morgan fingerprint density at radius 3 is 1.16 bits per heavy atom. The lowest BCUT2D eigenvalue weighted by Crippen LogP contribution is -2.26. The molecule has 12 aromatic carbocycles. The number of furan rings is 2. The number of para-hydroxylation sites is 6. The van der Waals surface area contributed by atoms with Crippen LogP contribution in [0.3, 0.4) is 0 Å². The van der Waals surface area contributed by atoms with Crippen LogP contribution in [0.5, 0.6) is 0 Å². The summed E-state index contributed by atoms with van der Waals surface area (Å²) in [5, 5.41) is 9.36. The molecule has 0 fully saturated rings. The number of rotatable bonds is 8. The minimum atomic E-state index is -0.605. The van der Waals surface area contributed by atoms with E-state index in [0.29, 0.717) is 0 Å². The van der Waals surface area contributed by atoms with Gasteiger partial charge in [-0.2, -0.15) is 0 Å². The summed E-state index contributed by atoms with van der Waals surface area (Å²) in [5.41, 5.74) is 22.2. The third-order valence-corrected chi connectivity index (χ3v) is 17.0. The van der Waals surface area contributed by atoms with Gasteiger partial charge < -0.3 is 18.6 Å². The molecule has 0 aliphatic heterocycles. The summed E-state index contributed by atoms with van der Waals surface area (Å²) in [6, 6.07) is 89.6. The van der Waals surface area contributed by atoms with Crippen molar-refractivity contribution in [2.45, 2.75) is 32.1 Å². The van der Waals surface area contributed by atoms with Crippen LogP contribution in [0, 0.1) is 0 Å². The van der Waals surface area contributed by atoms with Gasteiger partial charge in [-0.1, -0.05) is 196 Å². The minimum Gasteiger partial charge on any atom is -0.454 e. The Bertz CT molecular complexity index is 4430. The van der Waals surface area contributed by atoms with Gasteiger partial charge in [0.2, 0.25) is 0 Å². The summed E-state index contributed by atoms with van der Waals surface area (Å²) in [5.74, 6) is 0. The van der Waals surface area contributed by atoms with Gasteiger partial charge in [-0.3, -0.25) is 0 Å². The summed E-state index contributed by atoms with van der Waals surface area (Å²) in [6.45, 7) is 4.39. The normalized spacial score (nSPS) is 13.0. The quantitative estimate of drug-likeness (QED) is 0.152. The van der Waals surface area contributed by atoms with E-state index in [1.165, 1.54) is 77.2 Å². The zero-order valence-corrected chi connectivity index (χ0v) is 42.7. The number of nitrogens with zero attached hydrogens (tertiary/aromatic N) is 2. The number of aryl methyl sites for hydroxylation is 2. The third kappa shape index (κ3) is 6.10. The second-order valence-corrected chi connectivity index (χ2v) is 20.8. The van der Waals surface area contributed by atoms with Gasteiger partial charge in [0, 0.05) is 44.3 Å². The Kier molecular flexibility index (Phi) is 9.47. The lowest BCUT2D eigenvalue weighted by Gasteiger charge is -2.33. The van der Waals surface area contributed by atoms with Crippen LogP contribution < -0.4 is 9.80 Å². The molecule has 1 spiro atoms. The van der Waals surface area contributed by atoms with Crippen LogP contribution in [-0.2, 0) is 18.3 Å². The monoisotopic (exact) mass is 986 g/mol. The van der Waals surface area contributed by atoms with Gasteiger partial charge in [-0.15, -0.1) is 0 Å². The number of hydrogen-bond donors (Lipinski definition) is 0. The van der Waals surface area contributed by atoms with E-state index < -0.39 is 5.41 Å². The van der Waals surface area contributed by atoms with E-state index in [1.807, 2.05) is 0 Å². The number of hydrogen-bond acceptors (Lipinski definition) is 4. The van der Waals surface area contributed by atoms with E-state index in [9.17, 15) is 0 Å². The lowest BCUT2D eigenvalue weighted by atomic mass is 9.68. The molecule has 2 aromatic heterocycles. The van der Waals surface area contributed by atoms with E-state index in [-0.39, 0.29) is 0 Å². The molecule has 16 rings (SSSR count). The van der Waals surface area contributed by atoms with Crippen LogP contribution in [-0.4, -0.2) is 0 Å². The molecule has 14 aromatic rings. The van der Waals surface area contributed by atoms with E-state index in [1.54, 1.807) is 0 Å². The maximum atomic E-state index is 6.93. The predicted molar refractivity (Wildman–Crippen MR) is 320 cm³/mol. The van der Waals surface area contributed by atoms with E-state index >= 15 is 0 Å². The van der Waals surface area contributed by atoms with Crippen molar-refractivity contribution < 1.29 is 8.83 Å². The van der Waals surface area contributed by atoms with Gasteiger partial charge in [-0.05, 0) is 151 Å². The Morgan fingerprint density at radius 1 is 0.312 bits per heavy atom. The van der Waals surface area contributed by atoms with Crippen LogP contribution in [0.4, 0.5) is 34.1 Å². The van der Waals surface area contributed by atoms with Crippen molar-refractivity contribution in [3.63, 3.8) is 0 Å². The van der Waals surface area contributed by atoms with Gasteiger partial charge in [0.1, 0.15) is 11.2 Å². The molecular weight excluding hydrogens is 937 g/mol. The highest BCUT2D eigenvalue weighted by Crippen LogP contribution is 2.65. The molecule has 0 atom stereocenters. The number of anilines is 6. The van der Waals surface area contributed by atoms with Crippen molar-refractivity contribution in [1.29, 1.82) is 0 Å². The molecule has 2 aliphatic carbocycles. The number of fused-ring (bicyclic) bond motifs is 20. The Hall–Kier alpha value is -9.64. The summed E-state index contributed by atoms with van der Waals surface area (Å²) >= 11 is 0. The van der Waals surface area contributed by atoms with Crippen LogP contribution >= 0.6 is 0 Å². The molecule has 4 nitrogen and oxygen atoms in total. The Morgan fingerprint density at radius 2 is 0.714 bits per heavy atom. The van der Waals surface area contributed by atoms with Crippen LogP contribution in [0.15, 0.2) is 251 Å². The second kappa shape index (κ2) is 16.7. The molecule has 0 unspecified atom stereocenters. The molecule has 2 aliphatic rings. The SMILES string of the molecule is CCc1cccc2c1oc1c(N(c3ccccc3)c3ccc4c5c(ccc4c3)-c3ccc4cc(N(c6ccccc6)c6cccc7c6oc6c(CC)cccc67)ccc4c3C53c4ccccc4-c4ccccc43)cccc12. The van der Waals surface area contributed by atoms with Crippen molar-refractivity contribution in [1.82, 2.24) is 0 Å². The molecule has 0 bridgehead atoms. The first kappa shape index (κ1) is 43.7. The lowest BCUT2D eigenvalue weighted by molar-refractivity contribution is 0.663. The molecule has 364 valence electrons. The Balaban J connectivity index is 0.918. The van der Waals surface area contributed by atoms with Crippen molar-refractivity contribution in [3.8, 4) is 22.3 Å². The molecule has 0 saturated carbocycles. The average molecular weight is 987 g/mol. The highest BCUT2D eigenvalue weighted by Gasteiger charge is 2.53. The summed E-state index contributed by atoms with van der Waals surface area (Å²) in [4.78, 5) is 4.74. The zero-order chi connectivity index (χ0) is 50.9. The highest BCUT2D eigenvalue weighted by atomic mass is 16.3. The first-order valence-electron chi connectivity index (χ1n) is 27.0. The smallest absolute Gasteiger partial charge is 0.159 e. The molecule has 4 heteroatoms. The van der Waals surface area contributed by atoms with Crippen LogP contribution in [0.25, 0.3) is 87.7 Å².